The third kappa shape index (κ3) is 18.0. The van der Waals surface area contributed by atoms with Crippen LogP contribution in [-0.2, 0) is 73.5 Å². The lowest BCUT2D eigenvalue weighted by atomic mass is 9.99. The van der Waals surface area contributed by atoms with Gasteiger partial charge in [-0.25, -0.2) is 0 Å². The summed E-state index contributed by atoms with van der Waals surface area (Å²) in [6.07, 6.45) is 17.0. The fourth-order valence-electron chi connectivity index (χ4n) is 16.2. The van der Waals surface area contributed by atoms with E-state index in [-0.39, 0.29) is 16.5 Å². The molecule has 0 saturated carbocycles. The Morgan fingerprint density at radius 3 is 1.01 bits per heavy atom. The summed E-state index contributed by atoms with van der Waals surface area (Å²) in [6, 6.07) is 50.9. The number of fused-ring (bicyclic) bond motifs is 10. The maximum atomic E-state index is 13.3. The van der Waals surface area contributed by atoms with E-state index in [1.54, 1.807) is 44.4 Å². The molecule has 0 amide bonds. The Morgan fingerprint density at radius 1 is 0.321 bits per heavy atom. The van der Waals surface area contributed by atoms with Gasteiger partial charge in [0.05, 0.1) is 78.2 Å². The minimum Gasteiger partial charge on any atom is -0.275 e. The van der Waals surface area contributed by atoms with Crippen molar-refractivity contribution in [2.24, 2.45) is 35.2 Å². The Hall–Kier alpha value is -15.9. The van der Waals surface area contributed by atoms with Crippen molar-refractivity contribution in [3.8, 4) is 52.9 Å². The molecule has 25 aromatic rings. The highest BCUT2D eigenvalue weighted by Crippen LogP contribution is 2.40. The van der Waals surface area contributed by atoms with E-state index in [1.807, 2.05) is 192 Å². The fourth-order valence-corrected chi connectivity index (χ4v) is 20.7. The molecule has 0 spiro atoms. The lowest BCUT2D eigenvalue weighted by molar-refractivity contribution is -0.141. The topological polar surface area (TPSA) is 369 Å². The number of benzene rings is 5. The van der Waals surface area contributed by atoms with E-state index < -0.39 is 11.9 Å². The van der Waals surface area contributed by atoms with Gasteiger partial charge in [0, 0.05) is 156 Å². The van der Waals surface area contributed by atoms with Crippen molar-refractivity contribution in [1.29, 1.82) is 0 Å². The summed E-state index contributed by atoms with van der Waals surface area (Å²) in [5.41, 5.74) is 17.7. The van der Waals surface area contributed by atoms with Crippen molar-refractivity contribution >= 4 is 136 Å². The van der Waals surface area contributed by atoms with Crippen LogP contribution in [-0.4, -0.2) is 173 Å². The number of pyridine rings is 5. The second kappa shape index (κ2) is 36.5. The van der Waals surface area contributed by atoms with Crippen molar-refractivity contribution in [3.63, 3.8) is 0 Å². The van der Waals surface area contributed by atoms with Crippen LogP contribution in [0.4, 0.5) is 13.2 Å². The van der Waals surface area contributed by atoms with Crippen molar-refractivity contribution in [2.45, 2.75) is 91.7 Å². The number of aryl methyl sites for hydroxylation is 8. The van der Waals surface area contributed by atoms with Gasteiger partial charge in [0.2, 0.25) is 24.8 Å². The Kier molecular flexibility index (Phi) is 23.4. The van der Waals surface area contributed by atoms with E-state index in [0.29, 0.717) is 42.4 Å². The van der Waals surface area contributed by atoms with Gasteiger partial charge in [0.15, 0.2) is 59.9 Å². The van der Waals surface area contributed by atoms with Crippen LogP contribution >= 0.6 is 56.7 Å². The first-order valence-electron chi connectivity index (χ1n) is 43.4. The summed E-state index contributed by atoms with van der Waals surface area (Å²) in [5, 5.41) is 97.1. The van der Waals surface area contributed by atoms with Gasteiger partial charge in [-0.05, 0) is 145 Å². The maximum Gasteiger partial charge on any atom is 0.435 e. The predicted molar refractivity (Wildman–Crippen MR) is 520 cm³/mol. The van der Waals surface area contributed by atoms with Gasteiger partial charge in [-0.1, -0.05) is 145 Å². The molecule has 0 saturated heterocycles. The average Bonchev–Trinajstić information content (AvgIpc) is 1.63. The van der Waals surface area contributed by atoms with Crippen LogP contribution < -0.4 is 0 Å². The monoisotopic (exact) mass is 1920 g/mol. The highest BCUT2D eigenvalue weighted by Gasteiger charge is 2.39. The van der Waals surface area contributed by atoms with E-state index in [1.165, 1.54) is 40.4 Å². The second-order valence-corrected chi connectivity index (χ2v) is 37.8. The molecule has 35 nitrogen and oxygen atoms in total. The van der Waals surface area contributed by atoms with Gasteiger partial charge in [0.1, 0.15) is 0 Å². The lowest BCUT2D eigenvalue weighted by Crippen LogP contribution is -2.08. The molecule has 0 aliphatic carbocycles. The third-order valence-electron chi connectivity index (χ3n) is 22.8. The molecule has 0 unspecified atom stereocenters. The first-order valence-corrected chi connectivity index (χ1v) is 47.5. The molecule has 20 aromatic heterocycles. The molecule has 0 aliphatic heterocycles. The number of aromatic nitrogens is 35. The van der Waals surface area contributed by atoms with Gasteiger partial charge in [-0.15, -0.1) is 51.0 Å². The number of rotatable bonds is 17. The van der Waals surface area contributed by atoms with Crippen LogP contribution in [0, 0.1) is 13.8 Å². The van der Waals surface area contributed by atoms with Crippen LogP contribution in [0.1, 0.15) is 125 Å². The molecule has 682 valence electrons. The summed E-state index contributed by atoms with van der Waals surface area (Å²) in [7, 11) is 9.15. The number of alkyl halides is 3. The van der Waals surface area contributed by atoms with E-state index in [4.69, 9.17) is 20.4 Å². The van der Waals surface area contributed by atoms with Gasteiger partial charge in [0.25, 0.3) is 0 Å². The van der Waals surface area contributed by atoms with Crippen molar-refractivity contribution in [1.82, 2.24) is 173 Å². The van der Waals surface area contributed by atoms with Crippen molar-refractivity contribution in [3.05, 3.63) is 299 Å². The molecule has 1 atom stereocenters. The standard InChI is InChI=1S/C20H19N7S.2C19H17N7S.C18H12F3N7S.C18H15N7S/c1-12(2)18-15(11-26(3)24-18)19-25-27-17(22-23-20(27)28-19)10-13-6-7-16-14(9-13)5-4-8-21-16;1-11(13-6-7-16-14(9-13)5-4-8-20-16)17-21-22-19-26(17)24-18(27-19)15-10-25(3)23-12(15)2;1-3-15-14(11-25(2)23-15)18-24-26-17(21-22-19(26)27-18)10-12-6-7-16-13(9-12)5-4-8-20-16;1-27-9-12(15(25-27)18(19,20)21)16-26-28-14(23-24-17(28)29-16)8-10-4-5-13-11(7-10)3-2-6-22-13;1-11-14(10-24(2)22-11)17-23-25-16(20-21-18(25)26-17)9-12-5-6-15-13(8-12)4-3-7-19-15/h4-9,11-12H,10H2,1-3H3;4-11H,1-3H3;4-9,11H,3,10H2,1-2H3;2-7,9H,8H2,1H3;3-8,10H,9H2,1-2H3/t;11-;;;/m.1.../s1. The number of hydrogen-bond acceptors (Lipinski definition) is 30. The normalized spacial score (nSPS) is 12.1. The van der Waals surface area contributed by atoms with Crippen LogP contribution in [0.25, 0.3) is 132 Å². The van der Waals surface area contributed by atoms with Crippen molar-refractivity contribution < 1.29 is 13.2 Å². The zero-order valence-corrected chi connectivity index (χ0v) is 79.3. The SMILES string of the molecule is CC(C)c1nn(C)cc1-c1nn2c(Cc3ccc4ncccc4c3)nnc2s1.CCc1nn(C)cc1-c1nn2c(Cc3ccc4ncccc4c3)nnc2s1.Cc1nn(C)cc1-c1nn2c(Cc3ccc4ncccc4c3)nnc2s1.Cc1nn(C)cc1-c1nn2c([C@H](C)c3ccc4ncccc4c3)nnc2s1.Cn1cc(-c2nn3c(Cc4ccc5ncccc5c4)nnc3s2)c(C(F)(F)F)n1. The molecular formula is C94H80F3N35S5. The molecule has 0 fully saturated rings. The minimum absolute atomic E-state index is 0.0644. The molecule has 0 radical (unpaired) electrons. The number of hydrogen-bond donors (Lipinski definition) is 0. The van der Waals surface area contributed by atoms with Crippen LogP contribution in [0.2, 0.25) is 0 Å². The Bertz CT molecular complexity index is 8780. The van der Waals surface area contributed by atoms with Gasteiger partial charge >= 0.3 is 6.18 Å². The summed E-state index contributed by atoms with van der Waals surface area (Å²) in [6.45, 7) is 12.5. The molecule has 0 bridgehead atoms. The largest absolute Gasteiger partial charge is 0.435 e. The smallest absolute Gasteiger partial charge is 0.275 e. The minimum atomic E-state index is -4.56. The first kappa shape index (κ1) is 87.8. The molecule has 43 heteroatoms. The number of halogens is 3. The molecule has 20 heterocycles. The van der Waals surface area contributed by atoms with E-state index in [0.717, 1.165) is 213 Å². The fraction of sp³-hybridized carbons (Fsp3) is 0.202. The summed E-state index contributed by atoms with van der Waals surface area (Å²) in [4.78, 5) is 25.4. The molecular weight excluding hydrogens is 1840 g/mol. The Balaban J connectivity index is 0.000000102. The van der Waals surface area contributed by atoms with E-state index in [9.17, 15) is 13.2 Å². The molecule has 5 aromatic carbocycles. The zero-order valence-electron chi connectivity index (χ0n) is 75.2. The van der Waals surface area contributed by atoms with Crippen LogP contribution in [0.3, 0.4) is 0 Å². The first-order chi connectivity index (χ1) is 66.4. The summed E-state index contributed by atoms with van der Waals surface area (Å²) < 4.78 is 57.1. The molecule has 137 heavy (non-hydrogen) atoms. The molecule has 0 N–H and O–H groups in total. The third-order valence-corrected chi connectivity index (χ3v) is 27.5. The molecule has 25 rings (SSSR count). The van der Waals surface area contributed by atoms with Gasteiger partial charge in [-0.3, -0.25) is 48.3 Å². The zero-order chi connectivity index (χ0) is 94.0. The van der Waals surface area contributed by atoms with Crippen LogP contribution in [0.15, 0.2) is 214 Å². The highest BCUT2D eigenvalue weighted by atomic mass is 32.1. The van der Waals surface area contributed by atoms with E-state index >= 15 is 0 Å². The summed E-state index contributed by atoms with van der Waals surface area (Å²) in [5.74, 6) is 4.26. The van der Waals surface area contributed by atoms with E-state index in [2.05, 4.69) is 207 Å². The lowest BCUT2D eigenvalue weighted by Gasteiger charge is -2.10. The van der Waals surface area contributed by atoms with Crippen molar-refractivity contribution in [2.75, 3.05) is 0 Å². The Morgan fingerprint density at radius 2 is 0.635 bits per heavy atom. The summed E-state index contributed by atoms with van der Waals surface area (Å²) >= 11 is 7.18. The Labute approximate surface area is 795 Å². The maximum absolute atomic E-state index is 13.3. The average molecular weight is 1920 g/mol. The predicted octanol–water partition coefficient (Wildman–Crippen LogP) is 17.5. The molecule has 0 aliphatic rings. The van der Waals surface area contributed by atoms with Gasteiger partial charge in [-0.2, -0.15) is 86.7 Å². The highest BCUT2D eigenvalue weighted by molar-refractivity contribution is 7.21. The van der Waals surface area contributed by atoms with Crippen LogP contribution in [0.5, 0.6) is 0 Å². The quantitative estimate of drug-likeness (QED) is 0.0817. The number of nitrogens with zero attached hydrogens (tertiary/aromatic N) is 35. The van der Waals surface area contributed by atoms with Gasteiger partial charge < -0.3 is 0 Å². The second-order valence-electron chi connectivity index (χ2n) is 33.0.